The Morgan fingerprint density at radius 3 is 2.14 bits per heavy atom. The summed E-state index contributed by atoms with van der Waals surface area (Å²) in [5.74, 6) is 0.255. The Bertz CT molecular complexity index is 856. The molecule has 0 radical (unpaired) electrons. The highest BCUT2D eigenvalue weighted by Gasteiger charge is 2.56. The average Bonchev–Trinajstić information content (AvgIpc) is 2.83. The van der Waals surface area contributed by atoms with Crippen LogP contribution in [-0.4, -0.2) is 52.8 Å². The molecular formula is C29H47N3O3S. The van der Waals surface area contributed by atoms with Crippen molar-refractivity contribution in [3.8, 4) is 0 Å². The van der Waals surface area contributed by atoms with Crippen molar-refractivity contribution in [2.45, 2.75) is 103 Å². The molecule has 1 aliphatic heterocycles. The van der Waals surface area contributed by atoms with E-state index in [1.807, 2.05) is 33.1 Å². The van der Waals surface area contributed by atoms with Crippen molar-refractivity contribution in [3.05, 3.63) is 35.9 Å². The molecule has 2 amide bonds. The minimum Gasteiger partial charge on any atom is -0.444 e. The van der Waals surface area contributed by atoms with Gasteiger partial charge in [-0.15, -0.1) is 11.8 Å². The van der Waals surface area contributed by atoms with Crippen LogP contribution in [0.3, 0.4) is 0 Å². The van der Waals surface area contributed by atoms with Crippen molar-refractivity contribution in [1.29, 1.82) is 0 Å². The zero-order chi connectivity index (χ0) is 26.4. The van der Waals surface area contributed by atoms with Crippen molar-refractivity contribution in [2.24, 2.45) is 11.3 Å². The molecule has 1 saturated heterocycles. The number of nitrogens with one attached hydrogen (secondary N) is 2. The summed E-state index contributed by atoms with van der Waals surface area (Å²) in [4.78, 5) is 28.5. The first-order valence-electron chi connectivity index (χ1n) is 13.6. The van der Waals surface area contributed by atoms with E-state index in [4.69, 9.17) is 4.74 Å². The predicted molar refractivity (Wildman–Crippen MR) is 149 cm³/mol. The van der Waals surface area contributed by atoms with Crippen LogP contribution in [0.2, 0.25) is 0 Å². The molecule has 2 aliphatic rings. The third-order valence-electron chi connectivity index (χ3n) is 8.01. The Balaban J connectivity index is 1.73. The van der Waals surface area contributed by atoms with Crippen LogP contribution in [0.25, 0.3) is 0 Å². The normalized spacial score (nSPS) is 20.4. The van der Waals surface area contributed by atoms with Gasteiger partial charge < -0.3 is 10.1 Å². The van der Waals surface area contributed by atoms with Gasteiger partial charge in [0.15, 0.2) is 4.87 Å². The highest BCUT2D eigenvalue weighted by molar-refractivity contribution is 8.00. The molecule has 1 aromatic rings. The van der Waals surface area contributed by atoms with Gasteiger partial charge in [0.1, 0.15) is 5.60 Å². The van der Waals surface area contributed by atoms with Crippen LogP contribution >= 0.6 is 11.8 Å². The fraction of sp³-hybridized carbons (Fsp3) is 0.724. The van der Waals surface area contributed by atoms with E-state index >= 15 is 0 Å². The fourth-order valence-corrected chi connectivity index (χ4v) is 6.96. The lowest BCUT2D eigenvalue weighted by atomic mass is 9.66. The quantitative estimate of drug-likeness (QED) is 0.417. The molecule has 0 unspecified atom stereocenters. The molecule has 1 aromatic carbocycles. The molecule has 1 heterocycles. The van der Waals surface area contributed by atoms with Gasteiger partial charge in [0.2, 0.25) is 0 Å². The number of piperidine rings is 1. The first kappa shape index (κ1) is 28.8. The monoisotopic (exact) mass is 517 g/mol. The van der Waals surface area contributed by atoms with E-state index in [0.29, 0.717) is 5.92 Å². The Hall–Kier alpha value is -1.73. The lowest BCUT2D eigenvalue weighted by molar-refractivity contribution is -0.130. The van der Waals surface area contributed by atoms with Gasteiger partial charge in [-0.25, -0.2) is 4.79 Å². The molecule has 1 saturated carbocycles. The second kappa shape index (κ2) is 12.2. The molecular weight excluding hydrogens is 470 g/mol. The van der Waals surface area contributed by atoms with Gasteiger partial charge >= 0.3 is 6.09 Å². The van der Waals surface area contributed by atoms with Gasteiger partial charge in [0.25, 0.3) is 5.91 Å². The number of rotatable bonds is 8. The number of ether oxygens (including phenoxy) is 1. The number of thioether (sulfide) groups is 1. The first-order chi connectivity index (χ1) is 17.0. The predicted octanol–water partition coefficient (Wildman–Crippen LogP) is 5.96. The number of nitrogens with zero attached hydrogens (tertiary/aromatic N) is 1. The number of hydrogen-bond acceptors (Lipinski definition) is 5. The van der Waals surface area contributed by atoms with Crippen LogP contribution < -0.4 is 10.6 Å². The van der Waals surface area contributed by atoms with Crippen molar-refractivity contribution in [2.75, 3.05) is 19.3 Å². The second-order valence-corrected chi connectivity index (χ2v) is 13.1. The molecule has 0 aromatic heterocycles. The first-order valence-corrected chi connectivity index (χ1v) is 14.8. The number of hydrogen-bond donors (Lipinski definition) is 2. The van der Waals surface area contributed by atoms with Gasteiger partial charge in [-0.3, -0.25) is 15.0 Å². The minimum absolute atomic E-state index is 0.0960. The van der Waals surface area contributed by atoms with Gasteiger partial charge in [0, 0.05) is 31.1 Å². The number of carbonyl (C=O) groups excluding carboxylic acids is 2. The van der Waals surface area contributed by atoms with Gasteiger partial charge in [-0.05, 0) is 64.2 Å². The van der Waals surface area contributed by atoms with Gasteiger partial charge in [-0.2, -0.15) is 0 Å². The third kappa shape index (κ3) is 7.18. The van der Waals surface area contributed by atoms with E-state index in [-0.39, 0.29) is 11.9 Å². The minimum atomic E-state index is -1.11. The van der Waals surface area contributed by atoms with Crippen molar-refractivity contribution >= 4 is 23.8 Å². The molecule has 1 aliphatic carbocycles. The van der Waals surface area contributed by atoms with Crippen molar-refractivity contribution < 1.29 is 14.3 Å². The summed E-state index contributed by atoms with van der Waals surface area (Å²) in [6.45, 7) is 12.7. The Morgan fingerprint density at radius 2 is 1.58 bits per heavy atom. The summed E-state index contributed by atoms with van der Waals surface area (Å²) < 4.78 is 5.64. The summed E-state index contributed by atoms with van der Waals surface area (Å²) in [6.07, 6.45) is 8.95. The average molecular weight is 518 g/mol. The Kier molecular flexibility index (Phi) is 9.78. The number of alkyl carbamates (subject to hydrolysis) is 1. The highest BCUT2D eigenvalue weighted by atomic mass is 32.2. The molecule has 0 bridgehead atoms. The number of benzene rings is 1. The number of likely N-dealkylation sites (tertiary alicyclic amines) is 1. The largest absolute Gasteiger partial charge is 0.444 e. The van der Waals surface area contributed by atoms with Crippen molar-refractivity contribution in [3.63, 3.8) is 0 Å². The summed E-state index contributed by atoms with van der Waals surface area (Å²) in [6, 6.07) is 10.6. The molecule has 0 spiro atoms. The zero-order valence-electron chi connectivity index (χ0n) is 23.2. The van der Waals surface area contributed by atoms with Crippen LogP contribution in [0.1, 0.15) is 85.1 Å². The summed E-state index contributed by atoms with van der Waals surface area (Å²) in [5.41, 5.74) is 0.241. The molecule has 2 fully saturated rings. The summed E-state index contributed by atoms with van der Waals surface area (Å²) in [7, 11) is 0. The molecule has 1 atom stereocenters. The van der Waals surface area contributed by atoms with Crippen LogP contribution in [0.4, 0.5) is 4.79 Å². The topological polar surface area (TPSA) is 70.7 Å². The maximum Gasteiger partial charge on any atom is 0.409 e. The van der Waals surface area contributed by atoms with Crippen molar-refractivity contribution in [1.82, 2.24) is 15.5 Å². The van der Waals surface area contributed by atoms with E-state index in [1.165, 1.54) is 36.6 Å². The zero-order valence-corrected chi connectivity index (χ0v) is 24.0. The summed E-state index contributed by atoms with van der Waals surface area (Å²) >= 11 is 1.44. The molecule has 2 N–H and O–H groups in total. The van der Waals surface area contributed by atoms with E-state index < -0.39 is 22.0 Å². The highest BCUT2D eigenvalue weighted by Crippen LogP contribution is 2.50. The van der Waals surface area contributed by atoms with Gasteiger partial charge in [0.05, 0.1) is 0 Å². The van der Waals surface area contributed by atoms with E-state index in [9.17, 15) is 9.59 Å². The Labute approximate surface area is 222 Å². The molecule has 202 valence electrons. The molecule has 3 rings (SSSR count). The van der Waals surface area contributed by atoms with Crippen LogP contribution in [0.5, 0.6) is 0 Å². The number of amides is 2. The lowest BCUT2D eigenvalue weighted by Gasteiger charge is -2.50. The van der Waals surface area contributed by atoms with E-state index in [2.05, 4.69) is 53.6 Å². The maximum atomic E-state index is 14.1. The van der Waals surface area contributed by atoms with Crippen LogP contribution in [0.15, 0.2) is 30.3 Å². The standard InChI is InChI=1S/C29H47N3O3S/c1-27(2,3)35-26(34)31-29(36-6,28(4,5)23-15-11-8-12-16-23)25(33)30-24-17-19-32(20-18-24)21-22-13-9-7-10-14-22/h7,9-10,13-14,23-24H,8,11-12,15-21H2,1-6H3,(H,30,33)(H,31,34)/t29-/m0/s1. The van der Waals surface area contributed by atoms with Crippen LogP contribution in [-0.2, 0) is 16.1 Å². The fourth-order valence-electron chi connectivity index (χ4n) is 5.84. The molecule has 7 heteroatoms. The SMILES string of the molecule is CS[C@@](NC(=O)OC(C)(C)C)(C(=O)NC1CCN(Cc2ccccc2)CC1)C(C)(C)C1CCCCC1. The second-order valence-electron chi connectivity index (χ2n) is 12.1. The maximum absolute atomic E-state index is 14.1. The third-order valence-corrected chi connectivity index (χ3v) is 9.43. The van der Waals surface area contributed by atoms with Crippen LogP contribution in [0, 0.1) is 11.3 Å². The van der Waals surface area contributed by atoms with E-state index in [1.54, 1.807) is 0 Å². The van der Waals surface area contributed by atoms with Gasteiger partial charge in [-0.1, -0.05) is 63.4 Å². The van der Waals surface area contributed by atoms with E-state index in [0.717, 1.165) is 45.3 Å². The summed E-state index contributed by atoms with van der Waals surface area (Å²) in [5, 5.41) is 6.44. The number of carbonyl (C=O) groups is 2. The molecule has 6 nitrogen and oxygen atoms in total. The smallest absolute Gasteiger partial charge is 0.409 e. The molecule has 36 heavy (non-hydrogen) atoms. The Morgan fingerprint density at radius 1 is 0.972 bits per heavy atom. The lowest BCUT2D eigenvalue weighted by Crippen LogP contribution is -2.67.